The first-order chi connectivity index (χ1) is 17.2. The van der Waals surface area contributed by atoms with Gasteiger partial charge in [0.25, 0.3) is 11.7 Å². The van der Waals surface area contributed by atoms with Gasteiger partial charge in [-0.25, -0.2) is 0 Å². The smallest absolute Gasteiger partial charge is 0.295 e. The minimum atomic E-state index is -0.910. The van der Waals surface area contributed by atoms with Crippen LogP contribution < -0.4 is 14.2 Å². The molecule has 0 aromatic heterocycles. The number of aliphatic hydroxyl groups excluding tert-OH is 1. The summed E-state index contributed by atoms with van der Waals surface area (Å²) in [5.74, 6) is -1.02. The molecule has 1 aliphatic rings. The summed E-state index contributed by atoms with van der Waals surface area (Å²) in [4.78, 5) is 27.7. The second kappa shape index (κ2) is 11.9. The fourth-order valence-corrected chi connectivity index (χ4v) is 4.66. The molecular weight excluding hydrogens is 509 g/mol. The van der Waals surface area contributed by atoms with Gasteiger partial charge in [0.2, 0.25) is 0 Å². The lowest BCUT2D eigenvalue weighted by atomic mass is 9.94. The zero-order chi connectivity index (χ0) is 26.6. The first-order valence-electron chi connectivity index (χ1n) is 11.3. The molecule has 1 aliphatic heterocycles. The van der Waals surface area contributed by atoms with Gasteiger partial charge < -0.3 is 29.0 Å². The van der Waals surface area contributed by atoms with E-state index in [4.69, 9.17) is 42.1 Å². The van der Waals surface area contributed by atoms with Crippen LogP contribution in [0.2, 0.25) is 10.0 Å². The number of nitrogens with zero attached hydrogens (tertiary/aromatic N) is 1. The Balaban J connectivity index is 2.23. The Labute approximate surface area is 220 Å². The highest BCUT2D eigenvalue weighted by molar-refractivity contribution is 6.47. The molecule has 2 aromatic rings. The number of carbonyl (C=O) groups excluding carboxylic acids is 2. The molecule has 0 spiro atoms. The number of aliphatic hydroxyl groups is 1. The molecule has 194 valence electrons. The number of likely N-dealkylation sites (tertiary alicyclic amines) is 1. The van der Waals surface area contributed by atoms with Crippen LogP contribution >= 0.6 is 23.2 Å². The Bertz CT molecular complexity index is 1180. The van der Waals surface area contributed by atoms with Gasteiger partial charge in [-0.1, -0.05) is 49.2 Å². The number of carbonyl (C=O) groups is 2. The lowest BCUT2D eigenvalue weighted by Crippen LogP contribution is -2.32. The standard InChI is InChI=1S/C26H29Cl2NO7/c1-14(2)13-36-16-8-6-7-15(11-16)21-19(23(31)26(32)29(21)9-10-33-3)22(30)17-12-18(27)25(35-5)20(28)24(17)34-4/h6-8,11-12,14,21,30H,9-10,13H2,1-5H3/b22-19+. The fourth-order valence-electron chi connectivity index (χ4n) is 3.98. The van der Waals surface area contributed by atoms with Gasteiger partial charge in [-0.3, -0.25) is 9.59 Å². The second-order valence-electron chi connectivity index (χ2n) is 8.55. The lowest BCUT2D eigenvalue weighted by molar-refractivity contribution is -0.140. The predicted octanol–water partition coefficient (Wildman–Crippen LogP) is 5.11. The number of ether oxygens (including phenoxy) is 4. The molecule has 2 aromatic carbocycles. The highest BCUT2D eigenvalue weighted by Crippen LogP contribution is 2.47. The summed E-state index contributed by atoms with van der Waals surface area (Å²) in [6, 6.07) is 7.53. The molecule has 1 saturated heterocycles. The number of methoxy groups -OCH3 is 3. The van der Waals surface area contributed by atoms with Gasteiger partial charge in [0.05, 0.1) is 49.6 Å². The molecule has 1 heterocycles. The molecule has 0 saturated carbocycles. The number of Topliss-reactive ketones (excluding diaryl/α,β-unsaturated/α-hetero) is 1. The largest absolute Gasteiger partial charge is 0.507 e. The second-order valence-corrected chi connectivity index (χ2v) is 9.33. The molecule has 0 aliphatic carbocycles. The van der Waals surface area contributed by atoms with Crippen molar-refractivity contribution in [2.75, 3.05) is 41.1 Å². The maximum atomic E-state index is 13.3. The molecule has 0 radical (unpaired) electrons. The van der Waals surface area contributed by atoms with E-state index in [1.165, 1.54) is 32.3 Å². The van der Waals surface area contributed by atoms with Crippen molar-refractivity contribution in [3.8, 4) is 17.2 Å². The molecule has 36 heavy (non-hydrogen) atoms. The normalized spacial score (nSPS) is 17.1. The SMILES string of the molecule is COCCN1C(=O)C(=O)/C(=C(/O)c2cc(Cl)c(OC)c(Cl)c2OC)C1c1cccc(OCC(C)C)c1. The number of hydrogen-bond acceptors (Lipinski definition) is 7. The molecule has 1 N–H and O–H groups in total. The summed E-state index contributed by atoms with van der Waals surface area (Å²) in [5, 5.41) is 11.5. The van der Waals surface area contributed by atoms with Gasteiger partial charge in [-0.2, -0.15) is 0 Å². The molecule has 3 rings (SSSR count). The van der Waals surface area contributed by atoms with E-state index in [1.54, 1.807) is 24.3 Å². The van der Waals surface area contributed by atoms with Crippen molar-refractivity contribution < 1.29 is 33.6 Å². The maximum Gasteiger partial charge on any atom is 0.295 e. The third kappa shape index (κ3) is 5.40. The van der Waals surface area contributed by atoms with Crippen molar-refractivity contribution in [3.05, 3.63) is 57.1 Å². The van der Waals surface area contributed by atoms with E-state index < -0.39 is 23.5 Å². The Morgan fingerprint density at radius 2 is 1.78 bits per heavy atom. The zero-order valence-electron chi connectivity index (χ0n) is 20.8. The number of halogens is 2. The molecular formula is C26H29Cl2NO7. The van der Waals surface area contributed by atoms with Crippen LogP contribution in [0.4, 0.5) is 0 Å². The van der Waals surface area contributed by atoms with Crippen LogP contribution in [0.1, 0.15) is 31.0 Å². The zero-order valence-corrected chi connectivity index (χ0v) is 22.3. The summed E-state index contributed by atoms with van der Waals surface area (Å²) >= 11 is 12.7. The van der Waals surface area contributed by atoms with E-state index in [1.807, 2.05) is 13.8 Å². The van der Waals surface area contributed by atoms with Gasteiger partial charge in [-0.05, 0) is 29.7 Å². The van der Waals surface area contributed by atoms with Crippen LogP contribution in [-0.4, -0.2) is 62.8 Å². The molecule has 1 amide bonds. The predicted molar refractivity (Wildman–Crippen MR) is 137 cm³/mol. The third-order valence-corrected chi connectivity index (χ3v) is 6.25. The Morgan fingerprint density at radius 1 is 1.08 bits per heavy atom. The van der Waals surface area contributed by atoms with E-state index in [0.29, 0.717) is 23.8 Å². The van der Waals surface area contributed by atoms with Crippen LogP contribution in [0.5, 0.6) is 17.2 Å². The topological polar surface area (TPSA) is 94.5 Å². The number of benzene rings is 2. The van der Waals surface area contributed by atoms with E-state index in [-0.39, 0.29) is 45.8 Å². The number of amides is 1. The molecule has 10 heteroatoms. The third-order valence-electron chi connectivity index (χ3n) is 5.63. The van der Waals surface area contributed by atoms with E-state index in [9.17, 15) is 14.7 Å². The highest BCUT2D eigenvalue weighted by Gasteiger charge is 2.46. The Morgan fingerprint density at radius 3 is 2.39 bits per heavy atom. The highest BCUT2D eigenvalue weighted by atomic mass is 35.5. The van der Waals surface area contributed by atoms with E-state index >= 15 is 0 Å². The lowest BCUT2D eigenvalue weighted by Gasteiger charge is -2.25. The maximum absolute atomic E-state index is 13.3. The number of rotatable bonds is 10. The van der Waals surface area contributed by atoms with Crippen molar-refractivity contribution in [2.24, 2.45) is 5.92 Å². The molecule has 1 fully saturated rings. The van der Waals surface area contributed by atoms with Gasteiger partial charge in [0, 0.05) is 13.7 Å². The van der Waals surface area contributed by atoms with Crippen LogP contribution in [0.15, 0.2) is 35.9 Å². The number of ketones is 1. The van der Waals surface area contributed by atoms with Crippen molar-refractivity contribution >= 4 is 40.7 Å². The molecule has 8 nitrogen and oxygen atoms in total. The van der Waals surface area contributed by atoms with Gasteiger partial charge in [0.15, 0.2) is 11.5 Å². The Hall–Kier alpha value is -2.94. The molecule has 1 atom stereocenters. The fraction of sp³-hybridized carbons (Fsp3) is 0.385. The van der Waals surface area contributed by atoms with Crippen molar-refractivity contribution in [2.45, 2.75) is 19.9 Å². The van der Waals surface area contributed by atoms with Crippen molar-refractivity contribution in [1.29, 1.82) is 0 Å². The summed E-state index contributed by atoms with van der Waals surface area (Å²) in [6.45, 7) is 4.87. The van der Waals surface area contributed by atoms with E-state index in [2.05, 4.69) is 0 Å². The summed E-state index contributed by atoms with van der Waals surface area (Å²) < 4.78 is 21.6. The first kappa shape index (κ1) is 27.6. The monoisotopic (exact) mass is 537 g/mol. The van der Waals surface area contributed by atoms with Crippen LogP contribution in [-0.2, 0) is 14.3 Å². The van der Waals surface area contributed by atoms with Crippen molar-refractivity contribution in [1.82, 2.24) is 4.90 Å². The average molecular weight is 538 g/mol. The minimum absolute atomic E-state index is 0.0169. The average Bonchev–Trinajstić information content (AvgIpc) is 3.10. The molecule has 0 bridgehead atoms. The summed E-state index contributed by atoms with van der Waals surface area (Å²) in [5.41, 5.74) is 0.501. The van der Waals surface area contributed by atoms with Gasteiger partial charge >= 0.3 is 0 Å². The van der Waals surface area contributed by atoms with Gasteiger partial charge in [0.1, 0.15) is 16.5 Å². The minimum Gasteiger partial charge on any atom is -0.507 e. The quantitative estimate of drug-likeness (QED) is 0.255. The summed E-state index contributed by atoms with van der Waals surface area (Å²) in [6.07, 6.45) is 0. The first-order valence-corrected chi connectivity index (χ1v) is 12.0. The van der Waals surface area contributed by atoms with Crippen molar-refractivity contribution in [3.63, 3.8) is 0 Å². The summed E-state index contributed by atoms with van der Waals surface area (Å²) in [7, 11) is 4.25. The van der Waals surface area contributed by atoms with Crippen LogP contribution in [0, 0.1) is 5.92 Å². The van der Waals surface area contributed by atoms with E-state index in [0.717, 1.165) is 0 Å². The van der Waals surface area contributed by atoms with Crippen LogP contribution in [0.25, 0.3) is 5.76 Å². The van der Waals surface area contributed by atoms with Gasteiger partial charge in [-0.15, -0.1) is 0 Å². The number of hydrogen-bond donors (Lipinski definition) is 1. The Kier molecular flexibility index (Phi) is 9.11. The molecule has 1 unspecified atom stereocenters. The van der Waals surface area contributed by atoms with Crippen LogP contribution in [0.3, 0.4) is 0 Å².